The minimum atomic E-state index is -1.03. The van der Waals surface area contributed by atoms with E-state index in [9.17, 15) is 4.79 Å². The van der Waals surface area contributed by atoms with Crippen molar-refractivity contribution in [2.45, 2.75) is 0 Å². The van der Waals surface area contributed by atoms with Crippen LogP contribution in [0, 0.1) is 0 Å². The molecular formula is C8H4BrClN2O2. The molecule has 0 spiro atoms. The summed E-state index contributed by atoms with van der Waals surface area (Å²) in [5.41, 5.74) is 1.14. The van der Waals surface area contributed by atoms with Crippen LogP contribution in [0.1, 0.15) is 10.5 Å². The quantitative estimate of drug-likeness (QED) is 0.786. The van der Waals surface area contributed by atoms with Crippen LogP contribution in [0.15, 0.2) is 16.7 Å². The van der Waals surface area contributed by atoms with Crippen LogP contribution in [0.4, 0.5) is 0 Å². The summed E-state index contributed by atoms with van der Waals surface area (Å²) in [6, 6.07) is 3.04. The van der Waals surface area contributed by atoms with Crippen molar-refractivity contribution in [3.8, 4) is 0 Å². The maximum Gasteiger partial charge on any atom is 0.352 e. The number of carboxylic acid groups (broad SMARTS) is 1. The van der Waals surface area contributed by atoms with Gasteiger partial charge in [-0.25, -0.2) is 9.78 Å². The molecule has 0 aliphatic carbocycles. The van der Waals surface area contributed by atoms with Gasteiger partial charge in [-0.2, -0.15) is 0 Å². The summed E-state index contributed by atoms with van der Waals surface area (Å²) >= 11 is 9.06. The van der Waals surface area contributed by atoms with Crippen molar-refractivity contribution in [1.29, 1.82) is 0 Å². The third-order valence-corrected chi connectivity index (χ3v) is 2.44. The van der Waals surface area contributed by atoms with E-state index in [-0.39, 0.29) is 5.69 Å². The lowest BCUT2D eigenvalue weighted by atomic mass is 10.4. The molecule has 0 amide bonds. The molecule has 2 N–H and O–H groups in total. The number of rotatable bonds is 1. The maximum atomic E-state index is 10.7. The smallest absolute Gasteiger partial charge is 0.352 e. The largest absolute Gasteiger partial charge is 0.477 e. The van der Waals surface area contributed by atoms with Crippen molar-refractivity contribution in [3.05, 3.63) is 27.5 Å². The van der Waals surface area contributed by atoms with E-state index < -0.39 is 5.97 Å². The Morgan fingerprint density at radius 3 is 2.93 bits per heavy atom. The number of hydrogen-bond acceptors (Lipinski definition) is 2. The van der Waals surface area contributed by atoms with Gasteiger partial charge in [-0.05, 0) is 28.1 Å². The van der Waals surface area contributed by atoms with Gasteiger partial charge in [-0.15, -0.1) is 0 Å². The van der Waals surface area contributed by atoms with Crippen molar-refractivity contribution < 1.29 is 9.90 Å². The van der Waals surface area contributed by atoms with Crippen LogP contribution in [-0.4, -0.2) is 21.0 Å². The Bertz CT molecular complexity index is 523. The number of halogens is 2. The molecule has 0 radical (unpaired) electrons. The first-order valence-corrected chi connectivity index (χ1v) is 4.83. The molecular weight excluding hydrogens is 271 g/mol. The lowest BCUT2D eigenvalue weighted by Gasteiger charge is -1.93. The molecule has 0 saturated carbocycles. The van der Waals surface area contributed by atoms with Crippen molar-refractivity contribution in [3.63, 3.8) is 0 Å². The van der Waals surface area contributed by atoms with Crippen molar-refractivity contribution in [2.24, 2.45) is 0 Å². The predicted octanol–water partition coefficient (Wildman–Crippen LogP) is 2.68. The highest BCUT2D eigenvalue weighted by Crippen LogP contribution is 2.25. The molecule has 72 valence electrons. The molecule has 0 fully saturated rings. The van der Waals surface area contributed by atoms with Gasteiger partial charge in [0.05, 0.1) is 16.1 Å². The molecule has 0 atom stereocenters. The van der Waals surface area contributed by atoms with Crippen molar-refractivity contribution in [2.75, 3.05) is 0 Å². The molecule has 2 rings (SSSR count). The van der Waals surface area contributed by atoms with E-state index >= 15 is 0 Å². The number of carboxylic acids is 1. The number of nitrogens with one attached hydrogen (secondary N) is 1. The van der Waals surface area contributed by atoms with Crippen LogP contribution >= 0.6 is 27.5 Å². The van der Waals surface area contributed by atoms with Gasteiger partial charge < -0.3 is 10.1 Å². The summed E-state index contributed by atoms with van der Waals surface area (Å²) in [4.78, 5) is 17.4. The van der Waals surface area contributed by atoms with E-state index in [1.807, 2.05) is 0 Å². The Balaban J connectivity index is 2.76. The third-order valence-electron chi connectivity index (χ3n) is 1.74. The average Bonchev–Trinajstić information content (AvgIpc) is 2.47. The van der Waals surface area contributed by atoms with Crippen molar-refractivity contribution >= 4 is 44.5 Å². The van der Waals surface area contributed by atoms with Crippen LogP contribution in [0.5, 0.6) is 0 Å². The number of fused-ring (bicyclic) bond motifs is 1. The van der Waals surface area contributed by atoms with E-state index in [2.05, 4.69) is 25.9 Å². The molecule has 4 nitrogen and oxygen atoms in total. The number of aromatic carboxylic acids is 1. The minimum absolute atomic E-state index is 0.0764. The second-order valence-corrected chi connectivity index (χ2v) is 3.89. The minimum Gasteiger partial charge on any atom is -0.477 e. The van der Waals surface area contributed by atoms with Gasteiger partial charge >= 0.3 is 5.97 Å². The number of nitrogens with zero attached hydrogens (tertiary/aromatic N) is 1. The van der Waals surface area contributed by atoms with Crippen LogP contribution in [0.2, 0.25) is 5.02 Å². The van der Waals surface area contributed by atoms with Gasteiger partial charge in [0, 0.05) is 0 Å². The lowest BCUT2D eigenvalue weighted by molar-refractivity contribution is 0.0691. The molecule has 14 heavy (non-hydrogen) atoms. The Morgan fingerprint density at radius 1 is 1.57 bits per heavy atom. The topological polar surface area (TPSA) is 66.0 Å². The molecule has 0 aromatic carbocycles. The Kier molecular flexibility index (Phi) is 2.20. The van der Waals surface area contributed by atoms with Crippen LogP contribution in [0.25, 0.3) is 11.0 Å². The Hall–Kier alpha value is -1.07. The zero-order valence-electron chi connectivity index (χ0n) is 6.71. The van der Waals surface area contributed by atoms with E-state index in [4.69, 9.17) is 16.7 Å². The summed E-state index contributed by atoms with van der Waals surface area (Å²) in [5.74, 6) is -1.03. The normalized spacial score (nSPS) is 10.7. The van der Waals surface area contributed by atoms with Gasteiger partial charge in [-0.1, -0.05) is 11.6 Å². The lowest BCUT2D eigenvalue weighted by Crippen LogP contribution is -1.94. The third kappa shape index (κ3) is 1.49. The molecule has 6 heteroatoms. The fourth-order valence-electron chi connectivity index (χ4n) is 1.15. The first kappa shape index (κ1) is 9.48. The number of aromatic amines is 1. The zero-order chi connectivity index (χ0) is 10.3. The predicted molar refractivity (Wildman–Crippen MR) is 55.8 cm³/mol. The standard InChI is InChI=1S/C8H4BrClN2O2/c9-6-1-3(10)7-4(11-6)2-5(12-7)8(13)14/h1-2,12H,(H,13,14). The van der Waals surface area contributed by atoms with Gasteiger partial charge in [0.1, 0.15) is 10.3 Å². The SMILES string of the molecule is O=C(O)c1cc2nc(Br)cc(Cl)c2[nH]1. The summed E-state index contributed by atoms with van der Waals surface area (Å²) in [7, 11) is 0. The van der Waals surface area contributed by atoms with Crippen LogP contribution in [-0.2, 0) is 0 Å². The van der Waals surface area contributed by atoms with Crippen molar-refractivity contribution in [1.82, 2.24) is 9.97 Å². The number of hydrogen-bond donors (Lipinski definition) is 2. The molecule has 2 aromatic rings. The van der Waals surface area contributed by atoms with Gasteiger partial charge in [0.15, 0.2) is 0 Å². The second-order valence-electron chi connectivity index (χ2n) is 2.68. The molecule has 0 aliphatic heterocycles. The fraction of sp³-hybridized carbons (Fsp3) is 0. The summed E-state index contributed by atoms with van der Waals surface area (Å²) in [6.45, 7) is 0. The number of H-pyrrole nitrogens is 1. The molecule has 0 bridgehead atoms. The highest BCUT2D eigenvalue weighted by atomic mass is 79.9. The van der Waals surface area contributed by atoms with Gasteiger partial charge in [0.25, 0.3) is 0 Å². The highest BCUT2D eigenvalue weighted by Gasteiger charge is 2.11. The summed E-state index contributed by atoms with van der Waals surface area (Å²) in [6.07, 6.45) is 0. The van der Waals surface area contributed by atoms with E-state index in [0.717, 1.165) is 0 Å². The van der Waals surface area contributed by atoms with E-state index in [0.29, 0.717) is 20.7 Å². The Morgan fingerprint density at radius 2 is 2.29 bits per heavy atom. The second kappa shape index (κ2) is 3.25. The number of pyridine rings is 1. The highest BCUT2D eigenvalue weighted by molar-refractivity contribution is 9.10. The Labute approximate surface area is 92.0 Å². The van der Waals surface area contributed by atoms with Crippen LogP contribution in [0.3, 0.4) is 0 Å². The maximum absolute atomic E-state index is 10.7. The molecule has 0 aliphatic rings. The molecule has 0 unspecified atom stereocenters. The molecule has 2 heterocycles. The zero-order valence-corrected chi connectivity index (χ0v) is 9.06. The monoisotopic (exact) mass is 274 g/mol. The van der Waals surface area contributed by atoms with E-state index in [1.54, 1.807) is 6.07 Å². The average molecular weight is 275 g/mol. The van der Waals surface area contributed by atoms with Crippen LogP contribution < -0.4 is 0 Å². The number of carbonyl (C=O) groups is 1. The van der Waals surface area contributed by atoms with Gasteiger partial charge in [-0.3, -0.25) is 0 Å². The number of aromatic nitrogens is 2. The van der Waals surface area contributed by atoms with E-state index in [1.165, 1.54) is 6.07 Å². The van der Waals surface area contributed by atoms with Gasteiger partial charge in [0.2, 0.25) is 0 Å². The molecule has 2 aromatic heterocycles. The summed E-state index contributed by atoms with van der Waals surface area (Å²) in [5, 5.41) is 9.17. The molecule has 0 saturated heterocycles. The first-order valence-electron chi connectivity index (χ1n) is 3.66. The fourth-order valence-corrected chi connectivity index (χ4v) is 1.95. The summed E-state index contributed by atoms with van der Waals surface area (Å²) < 4.78 is 0.575. The first-order chi connectivity index (χ1) is 6.58.